The maximum Gasteiger partial charge on any atom is 0.275 e. The molecule has 0 amide bonds. The topological polar surface area (TPSA) is 47.8 Å². The van der Waals surface area contributed by atoms with E-state index in [1.165, 1.54) is 5.56 Å². The standard InChI is InChI=1S/C27H23N3O/c1-2-19-10-12-20(13-11-19)24-8-5-7-22-18-28-30(27(31)26(22)24)17-16-23-15-14-21-6-3-4-9-25(21)29-23/h3-15,18H,2,16-17H2,1H3. The van der Waals surface area contributed by atoms with Gasteiger partial charge in [0.05, 0.1) is 23.6 Å². The Morgan fingerprint density at radius 3 is 2.48 bits per heavy atom. The van der Waals surface area contributed by atoms with E-state index in [0.29, 0.717) is 18.4 Å². The maximum atomic E-state index is 13.4. The number of aromatic nitrogens is 3. The van der Waals surface area contributed by atoms with Crippen molar-refractivity contribution in [1.82, 2.24) is 14.8 Å². The Morgan fingerprint density at radius 2 is 1.65 bits per heavy atom. The average molecular weight is 406 g/mol. The van der Waals surface area contributed by atoms with Crippen molar-refractivity contribution in [3.8, 4) is 11.1 Å². The molecule has 0 saturated carbocycles. The first-order chi connectivity index (χ1) is 15.2. The van der Waals surface area contributed by atoms with Crippen molar-refractivity contribution < 1.29 is 0 Å². The van der Waals surface area contributed by atoms with Crippen LogP contribution >= 0.6 is 0 Å². The second-order valence-corrected chi connectivity index (χ2v) is 7.74. The fraction of sp³-hybridized carbons (Fsp3) is 0.148. The number of nitrogens with zero attached hydrogens (tertiary/aromatic N) is 3. The van der Waals surface area contributed by atoms with Crippen LogP contribution in [0.3, 0.4) is 0 Å². The van der Waals surface area contributed by atoms with Gasteiger partial charge in [-0.2, -0.15) is 5.10 Å². The van der Waals surface area contributed by atoms with Crippen LogP contribution in [0.25, 0.3) is 32.8 Å². The molecule has 0 aliphatic rings. The highest BCUT2D eigenvalue weighted by molar-refractivity contribution is 5.95. The zero-order valence-corrected chi connectivity index (χ0v) is 17.5. The lowest BCUT2D eigenvalue weighted by Gasteiger charge is -2.10. The van der Waals surface area contributed by atoms with Gasteiger partial charge in [-0.3, -0.25) is 9.78 Å². The Balaban J connectivity index is 1.50. The minimum atomic E-state index is -0.0616. The first-order valence-electron chi connectivity index (χ1n) is 10.7. The van der Waals surface area contributed by atoms with Crippen LogP contribution in [-0.2, 0) is 19.4 Å². The summed E-state index contributed by atoms with van der Waals surface area (Å²) in [6, 6.07) is 26.5. The van der Waals surface area contributed by atoms with Crippen LogP contribution in [0.2, 0.25) is 0 Å². The van der Waals surface area contributed by atoms with Gasteiger partial charge in [0.1, 0.15) is 0 Å². The fourth-order valence-electron chi connectivity index (χ4n) is 4.02. The molecule has 0 saturated heterocycles. The third kappa shape index (κ3) is 3.73. The third-order valence-corrected chi connectivity index (χ3v) is 5.79. The number of para-hydroxylation sites is 1. The highest BCUT2D eigenvalue weighted by Gasteiger charge is 2.11. The van der Waals surface area contributed by atoms with Crippen molar-refractivity contribution in [2.24, 2.45) is 0 Å². The molecule has 4 heteroatoms. The Hall–Kier alpha value is -3.79. The van der Waals surface area contributed by atoms with E-state index >= 15 is 0 Å². The van der Waals surface area contributed by atoms with E-state index in [9.17, 15) is 4.79 Å². The Morgan fingerprint density at radius 1 is 0.839 bits per heavy atom. The summed E-state index contributed by atoms with van der Waals surface area (Å²) in [6.07, 6.45) is 3.43. The Kier molecular flexibility index (Phi) is 5.04. The maximum absolute atomic E-state index is 13.4. The van der Waals surface area contributed by atoms with Gasteiger partial charge in [-0.1, -0.05) is 73.7 Å². The van der Waals surface area contributed by atoms with E-state index in [0.717, 1.165) is 39.5 Å². The molecule has 4 nitrogen and oxygen atoms in total. The van der Waals surface area contributed by atoms with Gasteiger partial charge < -0.3 is 0 Å². The number of hydrogen-bond donors (Lipinski definition) is 0. The lowest BCUT2D eigenvalue weighted by molar-refractivity contribution is 0.580. The van der Waals surface area contributed by atoms with Gasteiger partial charge in [0, 0.05) is 22.9 Å². The van der Waals surface area contributed by atoms with Crippen LogP contribution in [0, 0.1) is 0 Å². The van der Waals surface area contributed by atoms with Crippen LogP contribution in [0.15, 0.2) is 89.9 Å². The van der Waals surface area contributed by atoms with Gasteiger partial charge >= 0.3 is 0 Å². The van der Waals surface area contributed by atoms with Gasteiger partial charge in [-0.25, -0.2) is 4.68 Å². The van der Waals surface area contributed by atoms with Crippen molar-refractivity contribution in [3.63, 3.8) is 0 Å². The number of fused-ring (bicyclic) bond motifs is 2. The summed E-state index contributed by atoms with van der Waals surface area (Å²) in [5.41, 5.74) is 5.14. The zero-order chi connectivity index (χ0) is 21.2. The molecule has 0 aliphatic carbocycles. The summed E-state index contributed by atoms with van der Waals surface area (Å²) in [5, 5.41) is 7.12. The van der Waals surface area contributed by atoms with Crippen LogP contribution in [0.4, 0.5) is 0 Å². The molecule has 0 radical (unpaired) electrons. The number of benzene rings is 3. The van der Waals surface area contributed by atoms with Gasteiger partial charge in [0.15, 0.2) is 0 Å². The van der Waals surface area contributed by atoms with Crippen molar-refractivity contribution in [1.29, 1.82) is 0 Å². The number of aryl methyl sites for hydroxylation is 3. The molecule has 152 valence electrons. The van der Waals surface area contributed by atoms with Gasteiger partial charge in [0.2, 0.25) is 0 Å². The molecule has 31 heavy (non-hydrogen) atoms. The first kappa shape index (κ1) is 19.2. The molecule has 0 atom stereocenters. The first-order valence-corrected chi connectivity index (χ1v) is 10.7. The minimum absolute atomic E-state index is 0.0616. The Bertz CT molecular complexity index is 1440. The quantitative estimate of drug-likeness (QED) is 0.392. The summed E-state index contributed by atoms with van der Waals surface area (Å²) in [4.78, 5) is 18.1. The van der Waals surface area contributed by atoms with E-state index in [4.69, 9.17) is 4.98 Å². The molecular formula is C27H23N3O. The van der Waals surface area contributed by atoms with E-state index in [-0.39, 0.29) is 5.56 Å². The fourth-order valence-corrected chi connectivity index (χ4v) is 4.02. The molecule has 0 aliphatic heterocycles. The molecule has 3 aromatic carbocycles. The molecule has 0 N–H and O–H groups in total. The molecule has 0 fully saturated rings. The summed E-state index contributed by atoms with van der Waals surface area (Å²) < 4.78 is 1.56. The summed E-state index contributed by atoms with van der Waals surface area (Å²) >= 11 is 0. The monoisotopic (exact) mass is 405 g/mol. The number of rotatable bonds is 5. The van der Waals surface area contributed by atoms with Crippen LogP contribution in [0.1, 0.15) is 18.2 Å². The molecule has 2 heterocycles. The third-order valence-electron chi connectivity index (χ3n) is 5.79. The lowest BCUT2D eigenvalue weighted by Crippen LogP contribution is -2.24. The average Bonchev–Trinajstić information content (AvgIpc) is 2.83. The summed E-state index contributed by atoms with van der Waals surface area (Å²) in [5.74, 6) is 0. The smallest absolute Gasteiger partial charge is 0.267 e. The van der Waals surface area contributed by atoms with Gasteiger partial charge in [-0.15, -0.1) is 0 Å². The normalized spacial score (nSPS) is 11.3. The van der Waals surface area contributed by atoms with Crippen molar-refractivity contribution >= 4 is 21.7 Å². The number of hydrogen-bond acceptors (Lipinski definition) is 3. The second-order valence-electron chi connectivity index (χ2n) is 7.74. The molecule has 5 aromatic rings. The van der Waals surface area contributed by atoms with E-state index < -0.39 is 0 Å². The van der Waals surface area contributed by atoms with Crippen molar-refractivity contribution in [2.75, 3.05) is 0 Å². The molecular weight excluding hydrogens is 382 g/mol. The van der Waals surface area contributed by atoms with Gasteiger partial charge in [-0.05, 0) is 35.2 Å². The largest absolute Gasteiger partial charge is 0.275 e. The van der Waals surface area contributed by atoms with Crippen LogP contribution < -0.4 is 5.56 Å². The van der Waals surface area contributed by atoms with Crippen LogP contribution in [0.5, 0.6) is 0 Å². The van der Waals surface area contributed by atoms with Crippen molar-refractivity contribution in [3.05, 3.63) is 107 Å². The molecule has 2 aromatic heterocycles. The van der Waals surface area contributed by atoms with Gasteiger partial charge in [0.25, 0.3) is 5.56 Å². The van der Waals surface area contributed by atoms with E-state index in [2.05, 4.69) is 48.4 Å². The molecule has 0 unspecified atom stereocenters. The summed E-state index contributed by atoms with van der Waals surface area (Å²) in [7, 11) is 0. The lowest BCUT2D eigenvalue weighted by atomic mass is 9.98. The predicted octanol–water partition coefficient (Wildman–Crippen LogP) is 5.42. The van der Waals surface area contributed by atoms with E-state index in [1.807, 2.05) is 42.5 Å². The molecule has 0 bridgehead atoms. The minimum Gasteiger partial charge on any atom is -0.267 e. The second kappa shape index (κ2) is 8.15. The number of pyridine rings is 1. The van der Waals surface area contributed by atoms with E-state index in [1.54, 1.807) is 10.9 Å². The summed E-state index contributed by atoms with van der Waals surface area (Å²) in [6.45, 7) is 2.63. The molecule has 0 spiro atoms. The van der Waals surface area contributed by atoms with Crippen molar-refractivity contribution in [2.45, 2.75) is 26.3 Å². The van der Waals surface area contributed by atoms with Crippen LogP contribution in [-0.4, -0.2) is 14.8 Å². The highest BCUT2D eigenvalue weighted by atomic mass is 16.1. The molecule has 5 rings (SSSR count). The SMILES string of the molecule is CCc1ccc(-c2cccc3cnn(CCc4ccc5ccccc5n4)c(=O)c23)cc1. The zero-order valence-electron chi connectivity index (χ0n) is 17.5. The predicted molar refractivity (Wildman–Crippen MR) is 126 cm³/mol. The Labute approximate surface area is 180 Å². The highest BCUT2D eigenvalue weighted by Crippen LogP contribution is 2.26.